The number of thioether (sulfide) groups is 1. The van der Waals surface area contributed by atoms with Gasteiger partial charge in [0.25, 0.3) is 0 Å². The molecule has 0 atom stereocenters. The predicted octanol–water partition coefficient (Wildman–Crippen LogP) is 2.74. The van der Waals surface area contributed by atoms with E-state index in [9.17, 15) is 15.4 Å². The Morgan fingerprint density at radius 2 is 1.90 bits per heavy atom. The summed E-state index contributed by atoms with van der Waals surface area (Å²) in [4.78, 5) is 15.3. The van der Waals surface area contributed by atoms with Crippen molar-refractivity contribution in [1.82, 2.24) is 4.98 Å². The number of benzene rings is 1. The number of furan rings is 1. The topological polar surface area (TPSA) is 156 Å². The SMILES string of the molecule is COCCNc1nc(SCc2ccc([NH+]=O)o2)c(C#N)c(-c2ccccc2)c1C#N.[OH-]. The molecule has 0 aliphatic carbocycles. The molecule has 31 heavy (non-hydrogen) atoms. The highest BCUT2D eigenvalue weighted by atomic mass is 32.2. The Morgan fingerprint density at radius 3 is 2.52 bits per heavy atom. The van der Waals surface area contributed by atoms with Gasteiger partial charge < -0.3 is 19.9 Å². The van der Waals surface area contributed by atoms with Crippen molar-refractivity contribution >= 4 is 23.5 Å². The number of hydrogen-bond acceptors (Lipinski definition) is 9. The molecule has 1 aromatic carbocycles. The summed E-state index contributed by atoms with van der Waals surface area (Å²) in [5.41, 5.74) is 1.89. The smallest absolute Gasteiger partial charge is 0.418 e. The molecule has 2 aromatic heterocycles. The zero-order chi connectivity index (χ0) is 21.3. The number of hydrogen-bond donors (Lipinski definition) is 2. The van der Waals surface area contributed by atoms with E-state index in [1.165, 1.54) is 17.8 Å². The second-order valence-corrected chi connectivity index (χ2v) is 7.02. The molecule has 0 saturated heterocycles. The molecule has 3 aromatic rings. The highest BCUT2D eigenvalue weighted by Gasteiger charge is 2.22. The molecule has 0 amide bonds. The number of anilines is 1. The molecular formula is C21H19N5O4S. The number of pyridine rings is 1. The van der Waals surface area contributed by atoms with E-state index >= 15 is 0 Å². The molecule has 10 heteroatoms. The summed E-state index contributed by atoms with van der Waals surface area (Å²) >= 11 is 1.29. The molecule has 0 aliphatic rings. The van der Waals surface area contributed by atoms with Gasteiger partial charge in [0, 0.05) is 24.1 Å². The van der Waals surface area contributed by atoms with Crippen LogP contribution in [0.1, 0.15) is 16.9 Å². The first-order valence-electron chi connectivity index (χ1n) is 8.97. The zero-order valence-electron chi connectivity index (χ0n) is 16.6. The maximum Gasteiger partial charge on any atom is 0.418 e. The van der Waals surface area contributed by atoms with Crippen LogP contribution in [0.5, 0.6) is 0 Å². The van der Waals surface area contributed by atoms with Crippen LogP contribution in [0.25, 0.3) is 11.1 Å². The number of nitrogens with one attached hydrogen (secondary N) is 2. The number of methoxy groups -OCH3 is 1. The summed E-state index contributed by atoms with van der Waals surface area (Å²) in [6.45, 7) is 0.895. The van der Waals surface area contributed by atoms with Gasteiger partial charge in [0.1, 0.15) is 34.3 Å². The molecule has 0 bridgehead atoms. The van der Waals surface area contributed by atoms with Gasteiger partial charge in [-0.15, -0.1) is 0 Å². The number of ether oxygens (including phenoxy) is 1. The number of nitriles is 2. The number of aromatic nitrogens is 1. The summed E-state index contributed by atoms with van der Waals surface area (Å²) in [5.74, 6) is 1.42. The Kier molecular flexibility index (Phi) is 8.73. The average molecular weight is 437 g/mol. The van der Waals surface area contributed by atoms with E-state index in [0.717, 1.165) is 5.56 Å². The minimum Gasteiger partial charge on any atom is -0.870 e. The van der Waals surface area contributed by atoms with Crippen LogP contribution in [0.15, 0.2) is 51.9 Å². The predicted molar refractivity (Wildman–Crippen MR) is 114 cm³/mol. The van der Waals surface area contributed by atoms with E-state index in [2.05, 4.69) is 22.4 Å². The molecule has 0 aliphatic heterocycles. The monoisotopic (exact) mass is 437 g/mol. The van der Waals surface area contributed by atoms with E-state index in [1.54, 1.807) is 18.4 Å². The summed E-state index contributed by atoms with van der Waals surface area (Å²) in [6.07, 6.45) is 0. The van der Waals surface area contributed by atoms with Gasteiger partial charge in [-0.2, -0.15) is 10.5 Å². The van der Waals surface area contributed by atoms with Crippen LogP contribution < -0.4 is 10.5 Å². The van der Waals surface area contributed by atoms with Gasteiger partial charge in [0.2, 0.25) is 0 Å². The third-order valence-corrected chi connectivity index (χ3v) is 5.16. The van der Waals surface area contributed by atoms with Gasteiger partial charge in [0.05, 0.1) is 29.2 Å². The standard InChI is InChI=1S/C21H17N5O3S.H2O/c1-28-10-9-24-20-16(11-22)19(14-5-3-2-4-6-14)17(12-23)21(25-20)30-13-15-7-8-18(26-27)29-15;/h2-8H,9-10,13H2,1H3,(H,24,25);1H2. The first-order valence-corrected chi connectivity index (χ1v) is 9.96. The molecule has 3 rings (SSSR count). The van der Waals surface area contributed by atoms with Crippen LogP contribution in [0.2, 0.25) is 0 Å². The summed E-state index contributed by atoms with van der Waals surface area (Å²) in [7, 11) is 1.59. The first-order chi connectivity index (χ1) is 14.7. The Hall–Kier alpha value is -3.70. The van der Waals surface area contributed by atoms with Crippen LogP contribution in [-0.2, 0) is 10.5 Å². The first kappa shape index (κ1) is 23.6. The van der Waals surface area contributed by atoms with Crippen molar-refractivity contribution in [3.8, 4) is 23.3 Å². The second kappa shape index (κ2) is 11.5. The Morgan fingerprint density at radius 1 is 1.16 bits per heavy atom. The molecule has 9 nitrogen and oxygen atoms in total. The fourth-order valence-electron chi connectivity index (χ4n) is 2.82. The Bertz CT molecular complexity index is 1120. The van der Waals surface area contributed by atoms with Crippen molar-refractivity contribution in [1.29, 1.82) is 10.5 Å². The summed E-state index contributed by atoms with van der Waals surface area (Å²) in [5, 5.41) is 25.0. The number of rotatable bonds is 9. The van der Waals surface area contributed by atoms with Gasteiger partial charge in [0.15, 0.2) is 0 Å². The van der Waals surface area contributed by atoms with Crippen molar-refractivity contribution in [2.24, 2.45) is 0 Å². The summed E-state index contributed by atoms with van der Waals surface area (Å²) in [6, 6.07) is 16.9. The third-order valence-electron chi connectivity index (χ3n) is 4.16. The highest BCUT2D eigenvalue weighted by molar-refractivity contribution is 7.98. The van der Waals surface area contributed by atoms with Gasteiger partial charge in [-0.3, -0.25) is 0 Å². The fraction of sp³-hybridized carbons (Fsp3) is 0.190. The van der Waals surface area contributed by atoms with Gasteiger partial charge in [-0.1, -0.05) is 42.1 Å². The van der Waals surface area contributed by atoms with Crippen LogP contribution in [-0.4, -0.2) is 30.7 Å². The Balaban J connectivity index is 0.00000341. The molecule has 3 N–H and O–H groups in total. The molecule has 0 saturated carbocycles. The van der Waals surface area contributed by atoms with Crippen LogP contribution >= 0.6 is 11.8 Å². The second-order valence-electron chi connectivity index (χ2n) is 6.06. The lowest BCUT2D eigenvalue weighted by atomic mass is 9.97. The Labute approximate surface area is 182 Å². The van der Waals surface area contributed by atoms with Crippen LogP contribution in [0.3, 0.4) is 0 Å². The number of nitroso groups, excluding NO2 is 1. The van der Waals surface area contributed by atoms with Gasteiger partial charge in [-0.05, 0) is 11.6 Å². The van der Waals surface area contributed by atoms with Crippen molar-refractivity contribution in [2.75, 3.05) is 25.6 Å². The highest BCUT2D eigenvalue weighted by Crippen LogP contribution is 2.37. The lowest BCUT2D eigenvalue weighted by molar-refractivity contribution is -0.398. The van der Waals surface area contributed by atoms with Crippen molar-refractivity contribution < 1.29 is 19.8 Å². The summed E-state index contributed by atoms with van der Waals surface area (Å²) < 4.78 is 10.4. The van der Waals surface area contributed by atoms with Crippen LogP contribution in [0, 0.1) is 27.6 Å². The van der Waals surface area contributed by atoms with Crippen molar-refractivity contribution in [3.05, 3.63) is 64.3 Å². The largest absolute Gasteiger partial charge is 0.870 e. The van der Waals surface area contributed by atoms with Crippen molar-refractivity contribution in [2.45, 2.75) is 10.8 Å². The maximum absolute atomic E-state index is 10.7. The average Bonchev–Trinajstić information content (AvgIpc) is 3.26. The van der Waals surface area contributed by atoms with E-state index < -0.39 is 0 Å². The molecule has 2 heterocycles. The number of nitrogens with zero attached hydrogens (tertiary/aromatic N) is 3. The minimum absolute atomic E-state index is 0. The van der Waals surface area contributed by atoms with E-state index in [0.29, 0.717) is 52.2 Å². The third kappa shape index (κ3) is 5.47. The molecule has 0 fully saturated rings. The molecule has 158 valence electrons. The van der Waals surface area contributed by atoms with Gasteiger partial charge >= 0.3 is 5.88 Å². The normalized spacial score (nSPS) is 9.90. The quantitative estimate of drug-likeness (QED) is 0.379. The minimum atomic E-state index is 0. The zero-order valence-corrected chi connectivity index (χ0v) is 17.4. The fourth-order valence-corrected chi connectivity index (χ4v) is 3.71. The maximum atomic E-state index is 10.7. The lowest BCUT2D eigenvalue weighted by Crippen LogP contribution is -2.55. The molecule has 0 radical (unpaired) electrons. The molecule has 0 spiro atoms. The van der Waals surface area contributed by atoms with E-state index in [-0.39, 0.29) is 11.4 Å². The van der Waals surface area contributed by atoms with E-state index in [1.807, 2.05) is 30.3 Å². The molecule has 0 unspecified atom stereocenters. The van der Waals surface area contributed by atoms with Crippen LogP contribution in [0.4, 0.5) is 11.7 Å². The van der Waals surface area contributed by atoms with E-state index in [4.69, 9.17) is 9.15 Å². The van der Waals surface area contributed by atoms with Crippen molar-refractivity contribution in [3.63, 3.8) is 0 Å². The lowest BCUT2D eigenvalue weighted by Gasteiger charge is -2.15. The molecular weight excluding hydrogens is 418 g/mol. The van der Waals surface area contributed by atoms with Gasteiger partial charge in [-0.25, -0.2) is 4.98 Å².